The van der Waals surface area contributed by atoms with E-state index < -0.39 is 29.0 Å². The van der Waals surface area contributed by atoms with Crippen LogP contribution in [0.3, 0.4) is 0 Å². The monoisotopic (exact) mass is 386 g/mol. The molecule has 3 aromatic rings. The van der Waals surface area contributed by atoms with Gasteiger partial charge in [-0.2, -0.15) is 0 Å². The van der Waals surface area contributed by atoms with E-state index in [0.717, 1.165) is 30.5 Å². The van der Waals surface area contributed by atoms with Crippen molar-refractivity contribution in [1.29, 1.82) is 0 Å². The number of hydrogen-bond acceptors (Lipinski definition) is 3. The smallest absolute Gasteiger partial charge is 0.272 e. The van der Waals surface area contributed by atoms with Crippen molar-refractivity contribution in [3.63, 3.8) is 0 Å². The predicted molar refractivity (Wildman–Crippen MR) is 101 cm³/mol. The number of unbranched alkanes of at least 4 members (excludes halogenated alkanes) is 1. The first-order valence-corrected chi connectivity index (χ1v) is 8.94. The van der Waals surface area contributed by atoms with Gasteiger partial charge in [-0.05, 0) is 37.1 Å². The van der Waals surface area contributed by atoms with Gasteiger partial charge in [-0.25, -0.2) is 13.8 Å². The molecule has 2 aromatic heterocycles. The maximum Gasteiger partial charge on any atom is 0.272 e. The number of fused-ring (bicyclic) bond motifs is 1. The number of aromatic nitrogens is 2. The first kappa shape index (κ1) is 19.5. The summed E-state index contributed by atoms with van der Waals surface area (Å²) in [5.74, 6) is -3.50. The molecule has 2 amide bonds. The van der Waals surface area contributed by atoms with E-state index in [2.05, 4.69) is 15.6 Å². The van der Waals surface area contributed by atoms with E-state index in [1.54, 1.807) is 16.7 Å². The van der Waals surface area contributed by atoms with E-state index in [9.17, 15) is 18.4 Å². The van der Waals surface area contributed by atoms with E-state index in [-0.39, 0.29) is 11.5 Å². The summed E-state index contributed by atoms with van der Waals surface area (Å²) < 4.78 is 29.4. The Hall–Kier alpha value is -3.29. The number of nitrogens with zero attached hydrogens (tertiary/aromatic N) is 2. The molecule has 0 spiro atoms. The summed E-state index contributed by atoms with van der Waals surface area (Å²) in [7, 11) is 0. The lowest BCUT2D eigenvalue weighted by molar-refractivity contribution is 0.0948. The number of aryl methyl sites for hydroxylation is 1. The van der Waals surface area contributed by atoms with Crippen molar-refractivity contribution in [1.82, 2.24) is 14.7 Å². The lowest BCUT2D eigenvalue weighted by Crippen LogP contribution is -2.27. The Balaban J connectivity index is 2.01. The van der Waals surface area contributed by atoms with Gasteiger partial charge in [0.15, 0.2) is 11.5 Å². The number of imidazole rings is 1. The highest BCUT2D eigenvalue weighted by atomic mass is 19.1. The zero-order valence-corrected chi connectivity index (χ0v) is 15.6. The average Bonchev–Trinajstić information content (AvgIpc) is 2.98. The van der Waals surface area contributed by atoms with Gasteiger partial charge in [0, 0.05) is 12.7 Å². The quantitative estimate of drug-likeness (QED) is 0.634. The molecule has 2 heterocycles. The molecule has 0 atom stereocenters. The molecule has 0 aliphatic heterocycles. The number of pyridine rings is 1. The minimum atomic E-state index is -1.02. The minimum Gasteiger partial charge on any atom is -0.351 e. The Labute approximate surface area is 160 Å². The Bertz CT molecular complexity index is 1030. The van der Waals surface area contributed by atoms with Crippen LogP contribution in [0.2, 0.25) is 0 Å². The van der Waals surface area contributed by atoms with Gasteiger partial charge in [0.1, 0.15) is 22.8 Å². The number of carbonyl (C=O) groups is 2. The summed E-state index contributed by atoms with van der Waals surface area (Å²) in [6.45, 7) is 4.31. The van der Waals surface area contributed by atoms with Crippen molar-refractivity contribution >= 4 is 23.3 Å². The lowest BCUT2D eigenvalue weighted by Gasteiger charge is -2.09. The zero-order valence-electron chi connectivity index (χ0n) is 15.6. The Morgan fingerprint density at radius 1 is 1.11 bits per heavy atom. The molecule has 146 valence electrons. The SMILES string of the molecule is CCCCNC(=O)c1c(NC(=O)c2c(F)cccc2F)nc2ccc(C)cn12. The van der Waals surface area contributed by atoms with Crippen molar-refractivity contribution in [3.05, 3.63) is 65.0 Å². The second-order valence-electron chi connectivity index (χ2n) is 6.40. The first-order valence-electron chi connectivity index (χ1n) is 8.94. The summed E-state index contributed by atoms with van der Waals surface area (Å²) in [5.41, 5.74) is 0.675. The van der Waals surface area contributed by atoms with Crippen LogP contribution < -0.4 is 10.6 Å². The van der Waals surface area contributed by atoms with Crippen LogP contribution in [0.5, 0.6) is 0 Å². The Morgan fingerprint density at radius 2 is 1.82 bits per heavy atom. The van der Waals surface area contributed by atoms with Crippen LogP contribution in [0.15, 0.2) is 36.5 Å². The summed E-state index contributed by atoms with van der Waals surface area (Å²) in [6, 6.07) is 6.65. The van der Waals surface area contributed by atoms with Crippen molar-refractivity contribution in [3.8, 4) is 0 Å². The van der Waals surface area contributed by atoms with Gasteiger partial charge >= 0.3 is 0 Å². The number of benzene rings is 1. The van der Waals surface area contributed by atoms with Gasteiger partial charge in [0.25, 0.3) is 11.8 Å². The third kappa shape index (κ3) is 3.85. The highest BCUT2D eigenvalue weighted by Gasteiger charge is 2.24. The summed E-state index contributed by atoms with van der Waals surface area (Å²) in [5, 5.41) is 5.15. The fraction of sp³-hybridized carbons (Fsp3) is 0.250. The van der Waals surface area contributed by atoms with Gasteiger partial charge in [0.05, 0.1) is 0 Å². The highest BCUT2D eigenvalue weighted by molar-refractivity contribution is 6.08. The van der Waals surface area contributed by atoms with Gasteiger partial charge in [-0.1, -0.05) is 25.5 Å². The zero-order chi connectivity index (χ0) is 20.3. The summed E-state index contributed by atoms with van der Waals surface area (Å²) in [4.78, 5) is 29.4. The van der Waals surface area contributed by atoms with Crippen molar-refractivity contribution < 1.29 is 18.4 Å². The molecule has 0 fully saturated rings. The van der Waals surface area contributed by atoms with E-state index in [1.165, 1.54) is 6.07 Å². The number of carbonyl (C=O) groups excluding carboxylic acids is 2. The predicted octanol–water partition coefficient (Wildman–Crippen LogP) is 3.70. The molecule has 1 aromatic carbocycles. The molecule has 0 radical (unpaired) electrons. The Kier molecular flexibility index (Phi) is 5.67. The average molecular weight is 386 g/mol. The molecular formula is C20H20F2N4O2. The van der Waals surface area contributed by atoms with Crippen LogP contribution in [0.4, 0.5) is 14.6 Å². The number of rotatable bonds is 6. The molecule has 8 heteroatoms. The highest BCUT2D eigenvalue weighted by Crippen LogP contribution is 2.21. The van der Waals surface area contributed by atoms with Crippen molar-refractivity contribution in [2.24, 2.45) is 0 Å². The molecule has 0 saturated carbocycles. The lowest BCUT2D eigenvalue weighted by atomic mass is 10.2. The number of amides is 2. The van der Waals surface area contributed by atoms with Crippen LogP contribution in [0.25, 0.3) is 5.65 Å². The molecule has 6 nitrogen and oxygen atoms in total. The first-order chi connectivity index (χ1) is 13.4. The summed E-state index contributed by atoms with van der Waals surface area (Å²) in [6.07, 6.45) is 3.41. The molecular weight excluding hydrogens is 366 g/mol. The van der Waals surface area contributed by atoms with Crippen LogP contribution in [-0.4, -0.2) is 27.7 Å². The molecule has 2 N–H and O–H groups in total. The van der Waals surface area contributed by atoms with Gasteiger partial charge in [-0.3, -0.25) is 14.0 Å². The van der Waals surface area contributed by atoms with E-state index in [0.29, 0.717) is 12.2 Å². The maximum absolute atomic E-state index is 13.9. The van der Waals surface area contributed by atoms with E-state index >= 15 is 0 Å². The fourth-order valence-electron chi connectivity index (χ4n) is 2.80. The van der Waals surface area contributed by atoms with Crippen LogP contribution in [-0.2, 0) is 0 Å². The van der Waals surface area contributed by atoms with Gasteiger partial charge in [0.2, 0.25) is 0 Å². The molecule has 0 unspecified atom stereocenters. The normalized spacial score (nSPS) is 10.9. The molecule has 3 rings (SSSR count). The van der Waals surface area contributed by atoms with Gasteiger partial charge < -0.3 is 10.6 Å². The third-order valence-corrected chi connectivity index (χ3v) is 4.22. The number of anilines is 1. The number of halogens is 2. The van der Waals surface area contributed by atoms with Crippen LogP contribution in [0.1, 0.15) is 46.2 Å². The van der Waals surface area contributed by atoms with Crippen LogP contribution >= 0.6 is 0 Å². The second kappa shape index (κ2) is 8.16. The molecule has 28 heavy (non-hydrogen) atoms. The van der Waals surface area contributed by atoms with E-state index in [4.69, 9.17) is 0 Å². The van der Waals surface area contributed by atoms with Crippen molar-refractivity contribution in [2.75, 3.05) is 11.9 Å². The van der Waals surface area contributed by atoms with E-state index in [1.807, 2.05) is 19.9 Å². The fourth-order valence-corrected chi connectivity index (χ4v) is 2.80. The maximum atomic E-state index is 13.9. The standard InChI is InChI=1S/C20H20F2N4O2/c1-3-4-10-23-20(28)17-18(24-15-9-8-12(2)11-26(15)17)25-19(27)16-13(21)6-5-7-14(16)22/h5-9,11H,3-4,10H2,1-2H3,(H,23,28)(H,25,27). The van der Waals surface area contributed by atoms with Gasteiger partial charge in [-0.15, -0.1) is 0 Å². The molecule has 0 aliphatic rings. The molecule has 0 aliphatic carbocycles. The molecule has 0 saturated heterocycles. The van der Waals surface area contributed by atoms with Crippen LogP contribution in [0, 0.1) is 18.6 Å². The second-order valence-corrected chi connectivity index (χ2v) is 6.40. The number of nitrogens with one attached hydrogen (secondary N) is 2. The third-order valence-electron chi connectivity index (χ3n) is 4.22. The summed E-state index contributed by atoms with van der Waals surface area (Å²) >= 11 is 0. The topological polar surface area (TPSA) is 75.5 Å². The minimum absolute atomic E-state index is 0.0627. The number of hydrogen-bond donors (Lipinski definition) is 2. The Morgan fingerprint density at radius 3 is 2.50 bits per heavy atom. The van der Waals surface area contributed by atoms with Crippen molar-refractivity contribution in [2.45, 2.75) is 26.7 Å². The largest absolute Gasteiger partial charge is 0.351 e. The molecule has 0 bridgehead atoms.